The highest BCUT2D eigenvalue weighted by molar-refractivity contribution is 5.21. The zero-order chi connectivity index (χ0) is 14.5. The molecule has 0 aromatic rings. The van der Waals surface area contributed by atoms with Gasteiger partial charge in [-0.25, -0.2) is 0 Å². The Morgan fingerprint density at radius 2 is 1.84 bits per heavy atom. The van der Waals surface area contributed by atoms with Gasteiger partial charge in [-0.3, -0.25) is 0 Å². The summed E-state index contributed by atoms with van der Waals surface area (Å²) < 4.78 is 0. The third-order valence-electron chi connectivity index (χ3n) is 3.74. The first-order chi connectivity index (χ1) is 9.11. The van der Waals surface area contributed by atoms with Gasteiger partial charge >= 0.3 is 0 Å². The van der Waals surface area contributed by atoms with Crippen LogP contribution in [0.4, 0.5) is 0 Å². The molecule has 0 aliphatic heterocycles. The van der Waals surface area contributed by atoms with E-state index < -0.39 is 0 Å². The average molecular weight is 262 g/mol. The molecule has 0 aromatic heterocycles. The van der Waals surface area contributed by atoms with Crippen molar-refractivity contribution in [2.24, 2.45) is 0 Å². The Morgan fingerprint density at radius 3 is 2.32 bits per heavy atom. The van der Waals surface area contributed by atoms with Crippen molar-refractivity contribution >= 4 is 0 Å². The summed E-state index contributed by atoms with van der Waals surface area (Å²) in [6.07, 6.45) is 16.2. The van der Waals surface area contributed by atoms with Gasteiger partial charge in [0.15, 0.2) is 0 Å². The van der Waals surface area contributed by atoms with Crippen LogP contribution in [-0.2, 0) is 0 Å². The Hall–Kier alpha value is -0.780. The van der Waals surface area contributed by atoms with Crippen LogP contribution in [0, 0.1) is 0 Å². The van der Waals surface area contributed by atoms with Crippen molar-refractivity contribution < 1.29 is 0 Å². The van der Waals surface area contributed by atoms with Crippen LogP contribution >= 0.6 is 0 Å². The van der Waals surface area contributed by atoms with E-state index in [1.807, 2.05) is 6.08 Å². The first-order valence-electron chi connectivity index (χ1n) is 8.03. The van der Waals surface area contributed by atoms with E-state index in [1.165, 1.54) is 63.4 Å². The van der Waals surface area contributed by atoms with E-state index in [9.17, 15) is 0 Å². The van der Waals surface area contributed by atoms with Gasteiger partial charge in [0, 0.05) is 0 Å². The molecule has 0 bridgehead atoms. The van der Waals surface area contributed by atoms with Crippen molar-refractivity contribution in [2.75, 3.05) is 0 Å². The molecule has 1 aliphatic carbocycles. The average Bonchev–Trinajstić information content (AvgIpc) is 2.40. The summed E-state index contributed by atoms with van der Waals surface area (Å²) in [5.41, 5.74) is 4.72. The minimum atomic E-state index is 1.20. The third-order valence-corrected chi connectivity index (χ3v) is 3.74. The number of rotatable bonds is 6. The quantitative estimate of drug-likeness (QED) is 0.357. The Kier molecular flexibility index (Phi) is 11.8. The normalized spacial score (nSPS) is 14.3. The molecule has 0 fully saturated rings. The molecule has 0 atom stereocenters. The first-order valence-corrected chi connectivity index (χ1v) is 8.03. The summed E-state index contributed by atoms with van der Waals surface area (Å²) in [6, 6.07) is 0. The fraction of sp³-hybridized carbons (Fsp3) is 0.684. The number of unbranched alkanes of at least 4 members (excludes halogenated alkanes) is 5. The van der Waals surface area contributed by atoms with Crippen LogP contribution in [-0.4, -0.2) is 0 Å². The molecule has 0 spiro atoms. The van der Waals surface area contributed by atoms with Crippen LogP contribution in [0.1, 0.15) is 85.5 Å². The van der Waals surface area contributed by atoms with Crippen LogP contribution < -0.4 is 0 Å². The van der Waals surface area contributed by atoms with Crippen molar-refractivity contribution in [2.45, 2.75) is 85.5 Å². The van der Waals surface area contributed by atoms with Crippen LogP contribution in [0.3, 0.4) is 0 Å². The summed E-state index contributed by atoms with van der Waals surface area (Å²) in [6.45, 7) is 12.6. The Balaban J connectivity index is 0.000000344. The van der Waals surface area contributed by atoms with Crippen molar-refractivity contribution in [3.63, 3.8) is 0 Å². The largest absolute Gasteiger partial charge is 0.103 e. The standard InChI is InChI=1S/C10H16.C9H18/c1-8(2)10-6-4-9(3)5-7-10;1-3-5-7-9-8-6-4-2/h4H,5-7H2,1-3H3;3H,1,4-9H2,2H3. The second kappa shape index (κ2) is 12.3. The highest BCUT2D eigenvalue weighted by atomic mass is 14.1. The summed E-state index contributed by atoms with van der Waals surface area (Å²) in [7, 11) is 0. The fourth-order valence-corrected chi connectivity index (χ4v) is 2.20. The zero-order valence-electron chi connectivity index (χ0n) is 13.7. The van der Waals surface area contributed by atoms with Crippen molar-refractivity contribution in [3.05, 3.63) is 35.5 Å². The van der Waals surface area contributed by atoms with Gasteiger partial charge in [0.2, 0.25) is 0 Å². The minimum absolute atomic E-state index is 1.20. The highest BCUT2D eigenvalue weighted by Crippen LogP contribution is 2.24. The summed E-state index contributed by atoms with van der Waals surface area (Å²) in [5.74, 6) is 0. The Labute approximate surface area is 121 Å². The summed E-state index contributed by atoms with van der Waals surface area (Å²) in [5, 5.41) is 0. The van der Waals surface area contributed by atoms with Crippen molar-refractivity contribution in [1.29, 1.82) is 0 Å². The lowest BCUT2D eigenvalue weighted by Gasteiger charge is -2.13. The molecule has 0 radical (unpaired) electrons. The number of hydrogen-bond donors (Lipinski definition) is 0. The van der Waals surface area contributed by atoms with Gasteiger partial charge in [-0.15, -0.1) is 6.58 Å². The molecule has 19 heavy (non-hydrogen) atoms. The number of allylic oxidation sites excluding steroid dienone is 5. The predicted octanol–water partition coefficient (Wildman–Crippen LogP) is 6.99. The zero-order valence-corrected chi connectivity index (χ0v) is 13.7. The molecule has 0 amide bonds. The van der Waals surface area contributed by atoms with Gasteiger partial charge in [-0.05, 0) is 52.9 Å². The molecule has 110 valence electrons. The van der Waals surface area contributed by atoms with Gasteiger partial charge in [0.25, 0.3) is 0 Å². The highest BCUT2D eigenvalue weighted by Gasteiger charge is 2.04. The lowest BCUT2D eigenvalue weighted by Crippen LogP contribution is -1.93. The van der Waals surface area contributed by atoms with E-state index in [2.05, 4.69) is 40.3 Å². The third kappa shape index (κ3) is 10.8. The molecule has 1 rings (SSSR count). The maximum atomic E-state index is 3.68. The lowest BCUT2D eigenvalue weighted by atomic mass is 9.93. The van der Waals surface area contributed by atoms with Crippen molar-refractivity contribution in [1.82, 2.24) is 0 Å². The molecule has 0 saturated carbocycles. The molecule has 1 aliphatic rings. The molecule has 0 heterocycles. The molecule has 0 aromatic carbocycles. The molecular formula is C19H34. The van der Waals surface area contributed by atoms with Crippen LogP contribution in [0.25, 0.3) is 0 Å². The second-order valence-corrected chi connectivity index (χ2v) is 5.85. The maximum absolute atomic E-state index is 3.68. The molecule has 0 unspecified atom stereocenters. The van der Waals surface area contributed by atoms with Gasteiger partial charge in [-0.2, -0.15) is 0 Å². The van der Waals surface area contributed by atoms with E-state index in [0.717, 1.165) is 0 Å². The predicted molar refractivity (Wildman–Crippen MR) is 89.6 cm³/mol. The monoisotopic (exact) mass is 262 g/mol. The smallest absolute Gasteiger partial charge is 0.0134 e. The summed E-state index contributed by atoms with van der Waals surface area (Å²) in [4.78, 5) is 0. The van der Waals surface area contributed by atoms with Gasteiger partial charge in [0.1, 0.15) is 0 Å². The van der Waals surface area contributed by atoms with E-state index in [0.29, 0.717) is 0 Å². The first kappa shape index (κ1) is 18.2. The second-order valence-electron chi connectivity index (χ2n) is 5.85. The molecule has 0 saturated heterocycles. The molecule has 0 heteroatoms. The maximum Gasteiger partial charge on any atom is -0.0134 e. The fourth-order valence-electron chi connectivity index (χ4n) is 2.20. The van der Waals surface area contributed by atoms with Gasteiger partial charge in [0.05, 0.1) is 0 Å². The Bertz CT molecular complexity index is 287. The number of hydrogen-bond acceptors (Lipinski definition) is 0. The van der Waals surface area contributed by atoms with Crippen molar-refractivity contribution in [3.8, 4) is 0 Å². The van der Waals surface area contributed by atoms with E-state index >= 15 is 0 Å². The Morgan fingerprint density at radius 1 is 1.16 bits per heavy atom. The van der Waals surface area contributed by atoms with E-state index in [1.54, 1.807) is 11.1 Å². The summed E-state index contributed by atoms with van der Waals surface area (Å²) >= 11 is 0. The van der Waals surface area contributed by atoms with Gasteiger partial charge < -0.3 is 0 Å². The van der Waals surface area contributed by atoms with E-state index in [-0.39, 0.29) is 0 Å². The van der Waals surface area contributed by atoms with Crippen LogP contribution in [0.15, 0.2) is 35.5 Å². The van der Waals surface area contributed by atoms with Crippen LogP contribution in [0.2, 0.25) is 0 Å². The topological polar surface area (TPSA) is 0 Å². The lowest BCUT2D eigenvalue weighted by molar-refractivity contribution is 0.638. The van der Waals surface area contributed by atoms with Crippen LogP contribution in [0.5, 0.6) is 0 Å². The SMILES string of the molecule is C=CCCCCCCC.CC1=CCC(=C(C)C)CC1. The molecule has 0 nitrogen and oxygen atoms in total. The van der Waals surface area contributed by atoms with Gasteiger partial charge in [-0.1, -0.05) is 61.5 Å². The molecule has 0 N–H and O–H groups in total. The van der Waals surface area contributed by atoms with E-state index in [4.69, 9.17) is 0 Å². The minimum Gasteiger partial charge on any atom is -0.103 e. The molecular weight excluding hydrogens is 228 g/mol.